The average molecular weight is 328 g/mol. The highest BCUT2D eigenvalue weighted by atomic mass is 32.2. The summed E-state index contributed by atoms with van der Waals surface area (Å²) in [5.74, 6) is -0.914. The van der Waals surface area contributed by atoms with Crippen molar-refractivity contribution in [3.05, 3.63) is 54.6 Å². The minimum Gasteiger partial charge on any atom is -0.478 e. The predicted molar refractivity (Wildman–Crippen MR) is 96.0 cm³/mol. The predicted octanol–water partition coefficient (Wildman–Crippen LogP) is 5.57. The lowest BCUT2D eigenvalue weighted by molar-refractivity contribution is -0.132. The molecule has 0 aliphatic carbocycles. The quantitative estimate of drug-likeness (QED) is 0.492. The number of thiophene rings is 1. The Hall–Kier alpha value is -1.78. The molecule has 0 amide bonds. The number of thioether (sulfide) groups is 1. The molecule has 4 heteroatoms. The molecular formula is C18H16O2S2. The van der Waals surface area contributed by atoms with Crippen LogP contribution in [0.25, 0.3) is 20.2 Å². The fraction of sp³-hybridized carbons (Fsp3) is 0.167. The van der Waals surface area contributed by atoms with Gasteiger partial charge in [-0.2, -0.15) is 0 Å². The summed E-state index contributed by atoms with van der Waals surface area (Å²) in [4.78, 5) is 12.3. The van der Waals surface area contributed by atoms with E-state index in [0.29, 0.717) is 0 Å². The minimum atomic E-state index is -0.914. The Morgan fingerprint density at radius 3 is 2.68 bits per heavy atom. The second-order valence-corrected chi connectivity index (χ2v) is 7.37. The average Bonchev–Trinajstić information content (AvgIpc) is 2.91. The van der Waals surface area contributed by atoms with E-state index in [1.807, 2.05) is 19.1 Å². The zero-order valence-corrected chi connectivity index (χ0v) is 13.8. The standard InChI is InChI=1S/C18H16O2S2/c1-3-14(11(2)18(19)20)21-16-10-6-8-13-12-7-4-5-9-15(12)22-17(13)16/h4-10,14H,2-3H2,1H3,(H,19,20). The van der Waals surface area contributed by atoms with Gasteiger partial charge in [0.25, 0.3) is 0 Å². The van der Waals surface area contributed by atoms with Gasteiger partial charge in [-0.25, -0.2) is 4.79 Å². The molecule has 1 aromatic heterocycles. The Labute approximate surface area is 137 Å². The molecule has 0 aliphatic rings. The number of carboxylic acids is 1. The van der Waals surface area contributed by atoms with Crippen LogP contribution in [0.5, 0.6) is 0 Å². The lowest BCUT2D eigenvalue weighted by Gasteiger charge is -2.14. The van der Waals surface area contributed by atoms with Gasteiger partial charge in [0.15, 0.2) is 0 Å². The maximum atomic E-state index is 11.2. The van der Waals surface area contributed by atoms with Crippen molar-refractivity contribution in [2.24, 2.45) is 0 Å². The summed E-state index contributed by atoms with van der Waals surface area (Å²) in [5, 5.41) is 11.6. The van der Waals surface area contributed by atoms with Crippen LogP contribution in [0.4, 0.5) is 0 Å². The van der Waals surface area contributed by atoms with Gasteiger partial charge in [0, 0.05) is 35.9 Å². The maximum Gasteiger partial charge on any atom is 0.332 e. The van der Waals surface area contributed by atoms with E-state index in [9.17, 15) is 9.90 Å². The van der Waals surface area contributed by atoms with E-state index in [1.165, 1.54) is 20.2 Å². The molecule has 1 atom stereocenters. The number of rotatable bonds is 5. The fourth-order valence-corrected chi connectivity index (χ4v) is 4.98. The highest BCUT2D eigenvalue weighted by Gasteiger charge is 2.19. The molecule has 1 unspecified atom stereocenters. The van der Waals surface area contributed by atoms with Crippen molar-refractivity contribution >= 4 is 49.2 Å². The summed E-state index contributed by atoms with van der Waals surface area (Å²) in [6, 6.07) is 14.6. The van der Waals surface area contributed by atoms with Crippen LogP contribution in [-0.4, -0.2) is 16.3 Å². The molecule has 1 N–H and O–H groups in total. The van der Waals surface area contributed by atoms with Crippen LogP contribution < -0.4 is 0 Å². The van der Waals surface area contributed by atoms with Gasteiger partial charge in [-0.1, -0.05) is 43.8 Å². The van der Waals surface area contributed by atoms with Gasteiger partial charge >= 0.3 is 5.97 Å². The van der Waals surface area contributed by atoms with Gasteiger partial charge in [-0.3, -0.25) is 0 Å². The van der Waals surface area contributed by atoms with Gasteiger partial charge in [-0.15, -0.1) is 23.1 Å². The molecule has 2 aromatic carbocycles. The molecule has 0 saturated carbocycles. The second-order valence-electron chi connectivity index (χ2n) is 5.08. The van der Waals surface area contributed by atoms with Gasteiger partial charge in [-0.05, 0) is 18.6 Å². The van der Waals surface area contributed by atoms with Crippen molar-refractivity contribution in [1.82, 2.24) is 0 Å². The number of benzene rings is 2. The summed E-state index contributed by atoms with van der Waals surface area (Å²) in [5.41, 5.74) is 0.269. The van der Waals surface area contributed by atoms with Crippen LogP contribution in [0.15, 0.2) is 59.5 Å². The van der Waals surface area contributed by atoms with E-state index in [1.54, 1.807) is 23.1 Å². The van der Waals surface area contributed by atoms with E-state index in [-0.39, 0.29) is 10.8 Å². The molecule has 3 aromatic rings. The van der Waals surface area contributed by atoms with Crippen LogP contribution >= 0.6 is 23.1 Å². The third-order valence-electron chi connectivity index (χ3n) is 3.67. The molecule has 0 aliphatic heterocycles. The van der Waals surface area contributed by atoms with Crippen molar-refractivity contribution < 1.29 is 9.90 Å². The van der Waals surface area contributed by atoms with Gasteiger partial charge in [0.1, 0.15) is 0 Å². The third-order valence-corrected chi connectivity index (χ3v) is 6.52. The maximum absolute atomic E-state index is 11.2. The van der Waals surface area contributed by atoms with Crippen molar-refractivity contribution in [1.29, 1.82) is 0 Å². The topological polar surface area (TPSA) is 37.3 Å². The van der Waals surface area contributed by atoms with E-state index in [4.69, 9.17) is 0 Å². The lowest BCUT2D eigenvalue weighted by atomic mass is 10.1. The Kier molecular flexibility index (Phi) is 4.23. The van der Waals surface area contributed by atoms with Gasteiger partial charge < -0.3 is 5.11 Å². The Morgan fingerprint density at radius 1 is 1.23 bits per heavy atom. The highest BCUT2D eigenvalue weighted by Crippen LogP contribution is 2.41. The molecule has 112 valence electrons. The van der Waals surface area contributed by atoms with Gasteiger partial charge in [0.05, 0.1) is 0 Å². The SMILES string of the molecule is C=C(C(=O)O)C(CC)Sc1cccc2c1sc1ccccc12. The molecule has 22 heavy (non-hydrogen) atoms. The molecular weight excluding hydrogens is 312 g/mol. The van der Waals surface area contributed by atoms with E-state index in [2.05, 4.69) is 36.9 Å². The Bertz CT molecular complexity index is 864. The third kappa shape index (κ3) is 2.64. The number of carbonyl (C=O) groups is 1. The fourth-order valence-electron chi connectivity index (χ4n) is 2.51. The molecule has 3 rings (SSSR count). The molecule has 1 heterocycles. The zero-order valence-electron chi connectivity index (χ0n) is 12.2. The zero-order chi connectivity index (χ0) is 15.7. The molecule has 0 spiro atoms. The van der Waals surface area contributed by atoms with E-state index in [0.717, 1.165) is 11.3 Å². The van der Waals surface area contributed by atoms with Crippen molar-refractivity contribution in [2.45, 2.75) is 23.5 Å². The van der Waals surface area contributed by atoms with Crippen LogP contribution in [-0.2, 0) is 4.79 Å². The van der Waals surface area contributed by atoms with Crippen molar-refractivity contribution in [2.75, 3.05) is 0 Å². The lowest BCUT2D eigenvalue weighted by Crippen LogP contribution is -2.12. The first kappa shape index (κ1) is 15.1. The van der Waals surface area contributed by atoms with Crippen molar-refractivity contribution in [3.8, 4) is 0 Å². The Balaban J connectivity index is 2.07. The summed E-state index contributed by atoms with van der Waals surface area (Å²) in [6.45, 7) is 5.72. The van der Waals surface area contributed by atoms with E-state index < -0.39 is 5.97 Å². The first-order valence-electron chi connectivity index (χ1n) is 7.10. The van der Waals surface area contributed by atoms with Crippen LogP contribution in [0.2, 0.25) is 0 Å². The van der Waals surface area contributed by atoms with Crippen LogP contribution in [0, 0.1) is 0 Å². The first-order valence-corrected chi connectivity index (χ1v) is 8.80. The summed E-state index contributed by atoms with van der Waals surface area (Å²) < 4.78 is 2.49. The van der Waals surface area contributed by atoms with Gasteiger partial charge in [0.2, 0.25) is 0 Å². The van der Waals surface area contributed by atoms with Crippen molar-refractivity contribution in [3.63, 3.8) is 0 Å². The normalized spacial score (nSPS) is 12.6. The van der Waals surface area contributed by atoms with Crippen LogP contribution in [0.3, 0.4) is 0 Å². The molecule has 0 saturated heterocycles. The molecule has 0 bridgehead atoms. The van der Waals surface area contributed by atoms with Crippen LogP contribution in [0.1, 0.15) is 13.3 Å². The summed E-state index contributed by atoms with van der Waals surface area (Å²) in [7, 11) is 0. The monoisotopic (exact) mass is 328 g/mol. The number of aliphatic carboxylic acids is 1. The largest absolute Gasteiger partial charge is 0.478 e. The minimum absolute atomic E-state index is 0.103. The van der Waals surface area contributed by atoms with E-state index >= 15 is 0 Å². The molecule has 0 radical (unpaired) electrons. The number of hydrogen-bond acceptors (Lipinski definition) is 3. The summed E-state index contributed by atoms with van der Waals surface area (Å²) >= 11 is 3.36. The highest BCUT2D eigenvalue weighted by molar-refractivity contribution is 8.00. The number of fused-ring (bicyclic) bond motifs is 3. The Morgan fingerprint density at radius 2 is 1.95 bits per heavy atom. The number of carboxylic acid groups (broad SMARTS) is 1. The molecule has 2 nitrogen and oxygen atoms in total. The second kappa shape index (κ2) is 6.15. The summed E-state index contributed by atoms with van der Waals surface area (Å²) in [6.07, 6.45) is 0.747. The number of hydrogen-bond donors (Lipinski definition) is 1. The molecule has 0 fully saturated rings. The first-order chi connectivity index (χ1) is 10.6. The smallest absolute Gasteiger partial charge is 0.332 e.